The third kappa shape index (κ3) is 1.79. The van der Waals surface area contributed by atoms with Crippen molar-refractivity contribution in [2.45, 2.75) is 57.2 Å². The van der Waals surface area contributed by atoms with Gasteiger partial charge in [-0.15, -0.1) is 0 Å². The molecule has 0 aliphatic heterocycles. The van der Waals surface area contributed by atoms with Crippen LogP contribution in [-0.2, 0) is 6.42 Å². The second-order valence-electron chi connectivity index (χ2n) is 7.66. The molecule has 0 unspecified atom stereocenters. The molecule has 2 nitrogen and oxygen atoms in total. The maximum absolute atomic E-state index is 14.1. The lowest BCUT2D eigenvalue weighted by atomic mass is 9.55. The van der Waals surface area contributed by atoms with Crippen molar-refractivity contribution in [2.75, 3.05) is 0 Å². The van der Waals surface area contributed by atoms with E-state index in [1.807, 2.05) is 6.92 Å². The molecule has 0 spiro atoms. The molecule has 0 heterocycles. The number of hydrogen-bond donors (Lipinski definition) is 2. The Balaban J connectivity index is 1.73. The van der Waals surface area contributed by atoms with E-state index in [-0.39, 0.29) is 23.0 Å². The Labute approximate surface area is 129 Å². The number of aliphatic hydroxyl groups excluding tert-OH is 1. The van der Waals surface area contributed by atoms with Crippen LogP contribution in [0.4, 0.5) is 8.78 Å². The van der Waals surface area contributed by atoms with Gasteiger partial charge in [0.1, 0.15) is 6.17 Å². The summed E-state index contributed by atoms with van der Waals surface area (Å²) in [6, 6.07) is 3.03. The molecule has 4 heteroatoms. The van der Waals surface area contributed by atoms with E-state index >= 15 is 0 Å². The van der Waals surface area contributed by atoms with Crippen molar-refractivity contribution in [1.82, 2.24) is 0 Å². The molecule has 4 rings (SSSR count). The van der Waals surface area contributed by atoms with Crippen molar-refractivity contribution >= 4 is 0 Å². The van der Waals surface area contributed by atoms with Crippen LogP contribution in [0.1, 0.15) is 49.7 Å². The first-order valence-corrected chi connectivity index (χ1v) is 8.25. The van der Waals surface area contributed by atoms with Gasteiger partial charge >= 0.3 is 0 Å². The zero-order valence-corrected chi connectivity index (χ0v) is 12.7. The number of alkyl halides is 1. The number of aromatic hydroxyl groups is 1. The van der Waals surface area contributed by atoms with E-state index in [1.165, 1.54) is 6.07 Å². The minimum Gasteiger partial charge on any atom is -0.505 e. The molecular formula is C18H22F2O2. The number of halogens is 2. The van der Waals surface area contributed by atoms with Gasteiger partial charge in [-0.25, -0.2) is 8.78 Å². The highest BCUT2D eigenvalue weighted by molar-refractivity contribution is 5.41. The predicted molar refractivity (Wildman–Crippen MR) is 79.0 cm³/mol. The molecule has 0 amide bonds. The van der Waals surface area contributed by atoms with Gasteiger partial charge in [0, 0.05) is 0 Å². The standard InChI is InChI=1S/C18H22F2O2/c1-18-5-4-10-11(13(18)8-15(20)17(18)22)3-2-9-6-16(21)14(19)7-12(9)10/h6-7,10-11,13,15,17,21-22H,2-5,8H2,1H3/t10-,11+,13-,15+,17+,18-/m0/s1. The average Bonchev–Trinajstić information content (AvgIpc) is 2.72. The number of phenols is 1. The lowest BCUT2D eigenvalue weighted by Gasteiger charge is -2.49. The Hall–Kier alpha value is -1.16. The number of hydrogen-bond acceptors (Lipinski definition) is 2. The number of aliphatic hydroxyl groups is 1. The van der Waals surface area contributed by atoms with Crippen LogP contribution < -0.4 is 0 Å². The van der Waals surface area contributed by atoms with Gasteiger partial charge in [0.15, 0.2) is 11.6 Å². The lowest BCUT2D eigenvalue weighted by Crippen LogP contribution is -2.44. The summed E-state index contributed by atoms with van der Waals surface area (Å²) in [6.45, 7) is 2.02. The van der Waals surface area contributed by atoms with Gasteiger partial charge in [-0.1, -0.05) is 6.92 Å². The summed E-state index contributed by atoms with van der Waals surface area (Å²) < 4.78 is 27.9. The quantitative estimate of drug-likeness (QED) is 0.767. The Morgan fingerprint density at radius 3 is 2.82 bits per heavy atom. The maximum atomic E-state index is 14.1. The zero-order chi connectivity index (χ0) is 15.6. The highest BCUT2D eigenvalue weighted by Crippen LogP contribution is 2.61. The molecule has 0 aromatic heterocycles. The number of phenolic OH excluding ortho intramolecular Hbond substituents is 1. The van der Waals surface area contributed by atoms with E-state index in [2.05, 4.69) is 0 Å². The van der Waals surface area contributed by atoms with Crippen LogP contribution in [-0.4, -0.2) is 22.5 Å². The molecule has 1 aromatic rings. The van der Waals surface area contributed by atoms with Crippen molar-refractivity contribution in [2.24, 2.45) is 17.3 Å². The van der Waals surface area contributed by atoms with Gasteiger partial charge in [0.2, 0.25) is 0 Å². The fourth-order valence-electron chi connectivity index (χ4n) is 5.52. The lowest BCUT2D eigenvalue weighted by molar-refractivity contribution is -0.0365. The topological polar surface area (TPSA) is 40.5 Å². The van der Waals surface area contributed by atoms with Gasteiger partial charge in [-0.05, 0) is 78.5 Å². The second kappa shape index (κ2) is 4.67. The van der Waals surface area contributed by atoms with Gasteiger partial charge in [0.05, 0.1) is 6.10 Å². The molecule has 22 heavy (non-hydrogen) atoms. The summed E-state index contributed by atoms with van der Waals surface area (Å²) in [7, 11) is 0. The first-order chi connectivity index (χ1) is 10.4. The summed E-state index contributed by atoms with van der Waals surface area (Å²) >= 11 is 0. The maximum Gasteiger partial charge on any atom is 0.165 e. The van der Waals surface area contributed by atoms with Crippen LogP contribution >= 0.6 is 0 Å². The highest BCUT2D eigenvalue weighted by atomic mass is 19.1. The Kier molecular flexibility index (Phi) is 3.06. The van der Waals surface area contributed by atoms with Crippen LogP contribution in [0.25, 0.3) is 0 Å². The number of rotatable bonds is 0. The smallest absolute Gasteiger partial charge is 0.165 e. The van der Waals surface area contributed by atoms with Crippen LogP contribution in [0.5, 0.6) is 5.75 Å². The van der Waals surface area contributed by atoms with E-state index in [4.69, 9.17) is 0 Å². The molecule has 0 bridgehead atoms. The summed E-state index contributed by atoms with van der Waals surface area (Å²) in [5, 5.41) is 19.8. The van der Waals surface area contributed by atoms with Crippen LogP contribution in [0.15, 0.2) is 12.1 Å². The average molecular weight is 308 g/mol. The van der Waals surface area contributed by atoms with Crippen molar-refractivity contribution in [3.63, 3.8) is 0 Å². The highest BCUT2D eigenvalue weighted by Gasteiger charge is 2.58. The van der Waals surface area contributed by atoms with Crippen LogP contribution in [0, 0.1) is 23.1 Å². The monoisotopic (exact) mass is 308 g/mol. The fraction of sp³-hybridized carbons (Fsp3) is 0.667. The third-order valence-corrected chi connectivity index (χ3v) is 6.73. The zero-order valence-electron chi connectivity index (χ0n) is 12.7. The minimum absolute atomic E-state index is 0.168. The van der Waals surface area contributed by atoms with E-state index in [0.717, 1.165) is 36.8 Å². The van der Waals surface area contributed by atoms with Gasteiger partial charge in [0.25, 0.3) is 0 Å². The molecule has 2 fully saturated rings. The summed E-state index contributed by atoms with van der Waals surface area (Å²) in [5.74, 6) is -0.137. The van der Waals surface area contributed by atoms with Crippen molar-refractivity contribution in [1.29, 1.82) is 0 Å². The number of fused-ring (bicyclic) bond motifs is 5. The van der Waals surface area contributed by atoms with Gasteiger partial charge in [-0.2, -0.15) is 0 Å². The molecule has 2 N–H and O–H groups in total. The molecular weight excluding hydrogens is 286 g/mol. The molecule has 3 aliphatic carbocycles. The number of aryl methyl sites for hydroxylation is 1. The van der Waals surface area contributed by atoms with Crippen LogP contribution in [0.3, 0.4) is 0 Å². The second-order valence-corrected chi connectivity index (χ2v) is 7.66. The van der Waals surface area contributed by atoms with Crippen molar-refractivity contribution in [3.05, 3.63) is 29.1 Å². The molecule has 0 saturated heterocycles. The molecule has 120 valence electrons. The van der Waals surface area contributed by atoms with E-state index in [0.29, 0.717) is 12.3 Å². The summed E-state index contributed by atoms with van der Waals surface area (Å²) in [6.07, 6.45) is 1.80. The normalized spacial score (nSPS) is 43.4. The van der Waals surface area contributed by atoms with E-state index in [9.17, 15) is 19.0 Å². The molecule has 1 aromatic carbocycles. The SMILES string of the molecule is C[C@]12CC[C@@H]3c4cc(F)c(O)cc4CC[C@H]3[C@@H]1C[C@@H](F)[C@H]2O. The largest absolute Gasteiger partial charge is 0.505 e. The Bertz CT molecular complexity index is 617. The summed E-state index contributed by atoms with van der Waals surface area (Å²) in [5.41, 5.74) is 1.68. The van der Waals surface area contributed by atoms with E-state index < -0.39 is 18.1 Å². The summed E-state index contributed by atoms with van der Waals surface area (Å²) in [4.78, 5) is 0. The first-order valence-electron chi connectivity index (χ1n) is 8.25. The van der Waals surface area contributed by atoms with Gasteiger partial charge < -0.3 is 10.2 Å². The molecule has 3 aliphatic rings. The van der Waals surface area contributed by atoms with Crippen molar-refractivity contribution in [3.8, 4) is 5.75 Å². The van der Waals surface area contributed by atoms with Crippen molar-refractivity contribution < 1.29 is 19.0 Å². The predicted octanol–water partition coefficient (Wildman–Crippen LogP) is 3.70. The first kappa shape index (κ1) is 14.4. The molecule has 0 radical (unpaired) electrons. The molecule has 6 atom stereocenters. The Morgan fingerprint density at radius 2 is 2.05 bits per heavy atom. The Morgan fingerprint density at radius 1 is 1.27 bits per heavy atom. The minimum atomic E-state index is -1.13. The third-order valence-electron chi connectivity index (χ3n) is 6.73. The molecule has 2 saturated carbocycles. The fourth-order valence-corrected chi connectivity index (χ4v) is 5.52. The van der Waals surface area contributed by atoms with E-state index in [1.54, 1.807) is 6.07 Å². The van der Waals surface area contributed by atoms with Gasteiger partial charge in [-0.3, -0.25) is 0 Å². The van der Waals surface area contributed by atoms with Crippen LogP contribution in [0.2, 0.25) is 0 Å². The number of benzene rings is 1.